The Hall–Kier alpha value is -6.17. The summed E-state index contributed by atoms with van der Waals surface area (Å²) in [5.41, 5.74) is 9.40. The highest BCUT2D eigenvalue weighted by atomic mass is 32.2. The van der Waals surface area contributed by atoms with E-state index in [1.165, 1.54) is 6.33 Å². The number of amides is 5. The zero-order valence-electron chi connectivity index (χ0n) is 37.8. The Kier molecular flexibility index (Phi) is 14.5. The molecule has 6 heterocycles. The first-order valence-electron chi connectivity index (χ1n) is 23.7. The van der Waals surface area contributed by atoms with Gasteiger partial charge in [-0.15, -0.1) is 11.8 Å². The Morgan fingerprint density at radius 2 is 1.51 bits per heavy atom. The van der Waals surface area contributed by atoms with Gasteiger partial charge in [-0.3, -0.25) is 34.2 Å². The number of fused-ring (bicyclic) bond motifs is 2. The maximum atomic E-state index is 13.6. The van der Waals surface area contributed by atoms with E-state index in [0.29, 0.717) is 46.6 Å². The molecular formula is C50H58N10O6S. The molecule has 5 amide bonds. The van der Waals surface area contributed by atoms with Crippen LogP contribution in [0.4, 0.5) is 5.82 Å². The van der Waals surface area contributed by atoms with Crippen LogP contribution in [-0.2, 0) is 14.4 Å². The van der Waals surface area contributed by atoms with Crippen molar-refractivity contribution in [3.05, 3.63) is 90.3 Å². The zero-order chi connectivity index (χ0) is 46.3. The highest BCUT2D eigenvalue weighted by Gasteiger charge is 2.45. The van der Waals surface area contributed by atoms with Crippen molar-refractivity contribution in [2.45, 2.75) is 87.6 Å². The van der Waals surface area contributed by atoms with Crippen LogP contribution >= 0.6 is 11.8 Å². The summed E-state index contributed by atoms with van der Waals surface area (Å²) in [5, 5.41) is 8.03. The average molecular weight is 927 g/mol. The predicted octanol–water partition coefficient (Wildman–Crippen LogP) is 6.57. The Morgan fingerprint density at radius 1 is 0.776 bits per heavy atom. The summed E-state index contributed by atoms with van der Waals surface area (Å²) in [5.74, 6) is 0.976. The third-order valence-corrected chi connectivity index (χ3v) is 14.5. The van der Waals surface area contributed by atoms with Crippen molar-refractivity contribution in [1.82, 2.24) is 44.7 Å². The molecule has 16 nitrogen and oxygen atoms in total. The number of hydrogen-bond acceptors (Lipinski definition) is 13. The molecule has 17 heteroatoms. The number of aromatic nitrogens is 4. The van der Waals surface area contributed by atoms with Crippen molar-refractivity contribution in [1.29, 1.82) is 0 Å². The van der Waals surface area contributed by atoms with Gasteiger partial charge in [0.15, 0.2) is 5.65 Å². The van der Waals surface area contributed by atoms with E-state index in [1.54, 1.807) is 23.9 Å². The molecule has 0 aliphatic carbocycles. The lowest BCUT2D eigenvalue weighted by atomic mass is 10.0. The van der Waals surface area contributed by atoms with Crippen LogP contribution < -0.4 is 15.8 Å². The molecule has 0 saturated carbocycles. The number of anilines is 1. The predicted molar refractivity (Wildman–Crippen MR) is 256 cm³/mol. The first kappa shape index (κ1) is 46.0. The molecule has 3 aromatic carbocycles. The van der Waals surface area contributed by atoms with Crippen molar-refractivity contribution in [3.8, 4) is 22.8 Å². The maximum Gasteiger partial charge on any atom is 0.263 e. The fraction of sp³-hybridized carbons (Fsp3) is 0.440. The number of carbonyl (C=O) groups excluding carboxylic acids is 5. The van der Waals surface area contributed by atoms with Crippen LogP contribution in [0.2, 0.25) is 0 Å². The van der Waals surface area contributed by atoms with Crippen LogP contribution in [0.1, 0.15) is 97.4 Å². The molecule has 5 aromatic rings. The van der Waals surface area contributed by atoms with E-state index in [2.05, 4.69) is 25.1 Å². The monoisotopic (exact) mass is 926 g/mol. The van der Waals surface area contributed by atoms with Gasteiger partial charge in [0.1, 0.15) is 35.4 Å². The van der Waals surface area contributed by atoms with Gasteiger partial charge in [-0.05, 0) is 106 Å². The van der Waals surface area contributed by atoms with Gasteiger partial charge < -0.3 is 25.2 Å². The summed E-state index contributed by atoms with van der Waals surface area (Å²) >= 11 is 1.58. The number of benzene rings is 3. The number of rotatable bonds is 18. The van der Waals surface area contributed by atoms with Crippen molar-refractivity contribution < 1.29 is 28.7 Å². The Balaban J connectivity index is 0.662. The minimum Gasteiger partial charge on any atom is -0.457 e. The second kappa shape index (κ2) is 21.2. The number of carbonyl (C=O) groups is 5. The molecular weight excluding hydrogens is 869 g/mol. The molecule has 3 N–H and O–H groups in total. The van der Waals surface area contributed by atoms with E-state index in [-0.39, 0.29) is 30.7 Å². The number of unbranched alkanes of at least 4 members (excludes halogenated alkanes) is 4. The van der Waals surface area contributed by atoms with Crippen molar-refractivity contribution in [3.63, 3.8) is 0 Å². The van der Waals surface area contributed by atoms with Gasteiger partial charge in [0.2, 0.25) is 17.7 Å². The summed E-state index contributed by atoms with van der Waals surface area (Å²) in [6.45, 7) is 7.45. The number of thioether (sulfide) groups is 1. The lowest BCUT2D eigenvalue weighted by molar-refractivity contribution is -0.136. The van der Waals surface area contributed by atoms with E-state index in [4.69, 9.17) is 15.6 Å². The largest absolute Gasteiger partial charge is 0.457 e. The second-order valence-electron chi connectivity index (χ2n) is 17.9. The van der Waals surface area contributed by atoms with Crippen molar-refractivity contribution >= 4 is 58.1 Å². The van der Waals surface area contributed by atoms with Gasteiger partial charge >= 0.3 is 0 Å². The number of nitrogens with two attached hydrogens (primary N) is 1. The fourth-order valence-electron chi connectivity index (χ4n) is 9.74. The summed E-state index contributed by atoms with van der Waals surface area (Å²) < 4.78 is 7.95. The standard InChI is InChI=1S/C50H58N10O6S/c51-46-44-45(34-18-20-37(21-19-34)66-36-13-5-4-6-14-36)55-60(47(44)53-33-52-46)35-12-10-26-58(32-35)42(62)17-11-25-57-29-27-56(28-30-57)24-7-2-1-3-8-31-67-40-16-9-15-38-43(40)50(65)59(49(38)64)39-22-23-41(61)54-48(39)63/h4-6,9,13-16,18-21,33,35,39H,1-3,7-8,10-12,17,22-32H2,(H2,51,52,53)(H,54,61,63)/t35-,39?/m1/s1. The molecule has 3 fully saturated rings. The lowest BCUT2D eigenvalue weighted by Gasteiger charge is -2.35. The summed E-state index contributed by atoms with van der Waals surface area (Å²) in [7, 11) is 0. The van der Waals surface area contributed by atoms with E-state index in [0.717, 1.165) is 130 Å². The van der Waals surface area contributed by atoms with Crippen LogP contribution in [-0.4, -0.2) is 133 Å². The number of likely N-dealkylation sites (tertiary alicyclic amines) is 1. The highest BCUT2D eigenvalue weighted by molar-refractivity contribution is 7.99. The number of piperazine rings is 1. The minimum absolute atomic E-state index is 0.0260. The van der Waals surface area contributed by atoms with Crippen LogP contribution in [0.5, 0.6) is 11.5 Å². The number of nitrogens with zero attached hydrogens (tertiary/aromatic N) is 8. The molecule has 350 valence electrons. The Bertz CT molecular complexity index is 2600. The number of nitrogen functional groups attached to an aromatic ring is 1. The molecule has 1 unspecified atom stereocenters. The van der Waals surface area contributed by atoms with Crippen molar-refractivity contribution in [2.24, 2.45) is 0 Å². The Morgan fingerprint density at radius 3 is 2.28 bits per heavy atom. The number of para-hydroxylation sites is 1. The van der Waals surface area contributed by atoms with Gasteiger partial charge in [0.25, 0.3) is 11.8 Å². The van der Waals surface area contributed by atoms with E-state index < -0.39 is 23.8 Å². The summed E-state index contributed by atoms with van der Waals surface area (Å²) in [6.07, 6.45) is 10.4. The highest BCUT2D eigenvalue weighted by Crippen LogP contribution is 2.37. The van der Waals surface area contributed by atoms with Crippen molar-refractivity contribution in [2.75, 3.05) is 63.8 Å². The van der Waals surface area contributed by atoms with E-state index in [9.17, 15) is 24.0 Å². The third-order valence-electron chi connectivity index (χ3n) is 13.4. The first-order valence-corrected chi connectivity index (χ1v) is 24.7. The molecule has 4 aliphatic rings. The molecule has 0 bridgehead atoms. The molecule has 3 saturated heterocycles. The van der Waals surface area contributed by atoms with Crippen LogP contribution in [0.15, 0.2) is 84.0 Å². The normalized spacial score (nSPS) is 19.3. The number of nitrogens with one attached hydrogen (secondary N) is 1. The lowest BCUT2D eigenvalue weighted by Crippen LogP contribution is -2.54. The Labute approximate surface area is 394 Å². The molecule has 9 rings (SSSR count). The van der Waals surface area contributed by atoms with Crippen LogP contribution in [0.25, 0.3) is 22.3 Å². The quantitative estimate of drug-likeness (QED) is 0.0546. The molecule has 4 aliphatic heterocycles. The average Bonchev–Trinajstić information content (AvgIpc) is 3.86. The third kappa shape index (κ3) is 10.5. The fourth-order valence-corrected chi connectivity index (χ4v) is 10.8. The van der Waals surface area contributed by atoms with E-state index in [1.807, 2.05) is 70.2 Å². The topological polar surface area (TPSA) is 189 Å². The van der Waals surface area contributed by atoms with Gasteiger partial charge in [-0.2, -0.15) is 5.10 Å². The van der Waals surface area contributed by atoms with E-state index >= 15 is 0 Å². The summed E-state index contributed by atoms with van der Waals surface area (Å²) in [6, 6.07) is 21.7. The smallest absolute Gasteiger partial charge is 0.263 e. The zero-order valence-corrected chi connectivity index (χ0v) is 38.6. The van der Waals surface area contributed by atoms with Crippen LogP contribution in [0.3, 0.4) is 0 Å². The molecule has 67 heavy (non-hydrogen) atoms. The molecule has 0 spiro atoms. The molecule has 2 aromatic heterocycles. The summed E-state index contributed by atoms with van der Waals surface area (Å²) in [4.78, 5) is 81.9. The molecule has 2 atom stereocenters. The number of piperidine rings is 2. The number of ether oxygens (including phenoxy) is 1. The second-order valence-corrected chi connectivity index (χ2v) is 19.0. The van der Waals surface area contributed by atoms with Gasteiger partial charge in [0.05, 0.1) is 22.6 Å². The van der Waals surface area contributed by atoms with Gasteiger partial charge in [-0.25, -0.2) is 14.6 Å². The van der Waals surface area contributed by atoms with Gasteiger partial charge in [0, 0.05) is 62.6 Å². The first-order chi connectivity index (χ1) is 32.7. The SMILES string of the molecule is Nc1ncnc2c1c(-c1ccc(Oc3ccccc3)cc1)nn2[C@@H]1CCCN(C(=O)CCCN2CCN(CCCCCCCSc3cccc4c3C(=O)N(C3CCC(=O)NC3=O)C4=O)CC2)C1. The van der Waals surface area contributed by atoms with Gasteiger partial charge in [-0.1, -0.05) is 43.5 Å². The molecule has 0 radical (unpaired) electrons. The maximum absolute atomic E-state index is 13.6. The number of imide groups is 2. The number of hydrogen-bond donors (Lipinski definition) is 2. The van der Waals surface area contributed by atoms with Crippen LogP contribution in [0, 0.1) is 0 Å². The minimum atomic E-state index is -0.959.